The van der Waals surface area contributed by atoms with Gasteiger partial charge in [-0.1, -0.05) is 276 Å². The van der Waals surface area contributed by atoms with Gasteiger partial charge in [0.05, 0.1) is 0 Å². The summed E-state index contributed by atoms with van der Waals surface area (Å²) in [5.74, 6) is -0.868. The molecule has 0 aromatic rings. The van der Waals surface area contributed by atoms with Crippen molar-refractivity contribution in [2.24, 2.45) is 0 Å². The smallest absolute Gasteiger partial charge is 0.306 e. The third kappa shape index (κ3) is 56.5. The Kier molecular flexibility index (Phi) is 57.2. The maximum atomic E-state index is 12.9. The highest BCUT2D eigenvalue weighted by molar-refractivity contribution is 5.71. The van der Waals surface area contributed by atoms with E-state index in [2.05, 4.69) is 57.2 Å². The first-order valence-corrected chi connectivity index (χ1v) is 31.0. The van der Waals surface area contributed by atoms with Gasteiger partial charge in [-0.15, -0.1) is 0 Å². The van der Waals surface area contributed by atoms with Gasteiger partial charge in [0.2, 0.25) is 0 Å². The van der Waals surface area contributed by atoms with Gasteiger partial charge in [-0.2, -0.15) is 0 Å². The molecule has 6 nitrogen and oxygen atoms in total. The average molecular weight is 984 g/mol. The first-order chi connectivity index (χ1) is 34.5. The van der Waals surface area contributed by atoms with E-state index in [1.807, 2.05) is 0 Å². The van der Waals surface area contributed by atoms with Crippen molar-refractivity contribution in [2.75, 3.05) is 13.2 Å². The van der Waals surface area contributed by atoms with Gasteiger partial charge in [0, 0.05) is 19.3 Å². The standard InChI is InChI=1S/C64H118O6/c1-4-7-10-13-16-19-22-25-28-30-32-34-36-39-42-45-48-51-54-57-63(66)69-60-61(59-68-62(65)56-53-50-47-44-41-38-35-27-24-21-18-15-12-9-6-3)70-64(67)58-55-52-49-46-43-40-37-33-31-29-26-23-20-17-14-11-8-5-2/h18,21,25,27-28,35,61H,4-17,19-20,22-24,26,29-34,36-60H2,1-3H3/b21-18-,28-25-,35-27-. The van der Waals surface area contributed by atoms with Gasteiger partial charge in [-0.3, -0.25) is 14.4 Å². The molecule has 0 aromatic carbocycles. The summed E-state index contributed by atoms with van der Waals surface area (Å²) in [6.45, 7) is 6.65. The second kappa shape index (κ2) is 59.2. The Bertz CT molecular complexity index is 1170. The molecule has 0 aliphatic heterocycles. The Morgan fingerprint density at radius 2 is 0.514 bits per heavy atom. The highest BCUT2D eigenvalue weighted by Gasteiger charge is 2.19. The molecule has 6 heteroatoms. The number of unbranched alkanes of at least 4 members (excludes halogenated alkanes) is 40. The molecule has 0 aliphatic carbocycles. The van der Waals surface area contributed by atoms with Crippen LogP contribution in [0.25, 0.3) is 0 Å². The average Bonchev–Trinajstić information content (AvgIpc) is 3.36. The molecule has 1 unspecified atom stereocenters. The van der Waals surface area contributed by atoms with Crippen LogP contribution in [0.1, 0.15) is 335 Å². The van der Waals surface area contributed by atoms with Crippen LogP contribution in [0.4, 0.5) is 0 Å². The monoisotopic (exact) mass is 983 g/mol. The SMILES string of the molecule is CCCCC/C=C\C/C=C\CCCCCCCC(=O)OCC(COC(=O)CCCCCCCCCCC/C=C\CCCCCCCC)OC(=O)CCCCCCCCCCCCCCCCCCCC. The molecule has 0 bridgehead atoms. The largest absolute Gasteiger partial charge is 0.462 e. The zero-order chi connectivity index (χ0) is 50.7. The van der Waals surface area contributed by atoms with Gasteiger partial charge in [0.1, 0.15) is 13.2 Å². The summed E-state index contributed by atoms with van der Waals surface area (Å²) in [6.07, 6.45) is 71.4. The van der Waals surface area contributed by atoms with Gasteiger partial charge in [-0.05, 0) is 77.0 Å². The molecule has 410 valence electrons. The van der Waals surface area contributed by atoms with E-state index in [0.717, 1.165) is 77.0 Å². The summed E-state index contributed by atoms with van der Waals surface area (Å²) in [6, 6.07) is 0. The topological polar surface area (TPSA) is 78.9 Å². The van der Waals surface area contributed by atoms with E-state index in [-0.39, 0.29) is 31.1 Å². The highest BCUT2D eigenvalue weighted by atomic mass is 16.6. The number of hydrogen-bond donors (Lipinski definition) is 0. The molecular weight excluding hydrogens is 865 g/mol. The van der Waals surface area contributed by atoms with Crippen molar-refractivity contribution < 1.29 is 28.6 Å². The van der Waals surface area contributed by atoms with E-state index in [4.69, 9.17) is 14.2 Å². The Morgan fingerprint density at radius 1 is 0.286 bits per heavy atom. The molecule has 0 amide bonds. The maximum absolute atomic E-state index is 12.9. The molecule has 0 saturated heterocycles. The number of hydrogen-bond acceptors (Lipinski definition) is 6. The lowest BCUT2D eigenvalue weighted by Crippen LogP contribution is -2.30. The van der Waals surface area contributed by atoms with Crippen LogP contribution in [0.15, 0.2) is 36.5 Å². The zero-order valence-electron chi connectivity index (χ0n) is 47.1. The van der Waals surface area contributed by atoms with Crippen LogP contribution in [0.2, 0.25) is 0 Å². The normalized spacial score (nSPS) is 12.2. The van der Waals surface area contributed by atoms with Gasteiger partial charge >= 0.3 is 17.9 Å². The number of allylic oxidation sites excluding steroid dienone is 6. The van der Waals surface area contributed by atoms with E-state index in [1.165, 1.54) is 218 Å². The van der Waals surface area contributed by atoms with Crippen molar-refractivity contribution in [2.45, 2.75) is 341 Å². The van der Waals surface area contributed by atoms with Crippen LogP contribution in [-0.2, 0) is 28.6 Å². The van der Waals surface area contributed by atoms with E-state index in [9.17, 15) is 14.4 Å². The summed E-state index contributed by atoms with van der Waals surface area (Å²) in [5.41, 5.74) is 0. The van der Waals surface area contributed by atoms with Crippen molar-refractivity contribution in [3.05, 3.63) is 36.5 Å². The molecule has 0 aromatic heterocycles. The third-order valence-electron chi connectivity index (χ3n) is 13.9. The minimum absolute atomic E-state index is 0.0738. The van der Waals surface area contributed by atoms with E-state index in [0.29, 0.717) is 19.3 Å². The van der Waals surface area contributed by atoms with Crippen molar-refractivity contribution in [3.8, 4) is 0 Å². The number of esters is 3. The molecule has 70 heavy (non-hydrogen) atoms. The van der Waals surface area contributed by atoms with Gasteiger partial charge in [0.15, 0.2) is 6.10 Å². The van der Waals surface area contributed by atoms with E-state index < -0.39 is 6.10 Å². The summed E-state index contributed by atoms with van der Waals surface area (Å²) in [4.78, 5) is 38.3. The predicted molar refractivity (Wildman–Crippen MR) is 302 cm³/mol. The molecule has 0 radical (unpaired) electrons. The summed E-state index contributed by atoms with van der Waals surface area (Å²) >= 11 is 0. The molecule has 0 saturated carbocycles. The van der Waals surface area contributed by atoms with Crippen molar-refractivity contribution >= 4 is 17.9 Å². The molecule has 1 atom stereocenters. The Hall–Kier alpha value is -2.37. The lowest BCUT2D eigenvalue weighted by atomic mass is 10.0. The van der Waals surface area contributed by atoms with Crippen LogP contribution < -0.4 is 0 Å². The number of carbonyl (C=O) groups is 3. The molecule has 0 N–H and O–H groups in total. The Morgan fingerprint density at radius 3 is 0.829 bits per heavy atom. The molecule has 0 spiro atoms. The van der Waals surface area contributed by atoms with Gasteiger partial charge < -0.3 is 14.2 Å². The highest BCUT2D eigenvalue weighted by Crippen LogP contribution is 2.17. The predicted octanol–water partition coefficient (Wildman–Crippen LogP) is 20.8. The summed E-state index contributed by atoms with van der Waals surface area (Å²) in [7, 11) is 0. The minimum Gasteiger partial charge on any atom is -0.462 e. The molecule has 0 rings (SSSR count). The fourth-order valence-corrected chi connectivity index (χ4v) is 9.18. The van der Waals surface area contributed by atoms with E-state index >= 15 is 0 Å². The van der Waals surface area contributed by atoms with Crippen molar-refractivity contribution in [1.82, 2.24) is 0 Å². The summed E-state index contributed by atoms with van der Waals surface area (Å²) < 4.78 is 16.9. The van der Waals surface area contributed by atoms with Crippen molar-refractivity contribution in [1.29, 1.82) is 0 Å². The molecule has 0 heterocycles. The Labute approximate surface area is 435 Å². The second-order valence-corrected chi connectivity index (χ2v) is 21.0. The van der Waals surface area contributed by atoms with Crippen LogP contribution in [0.5, 0.6) is 0 Å². The summed E-state index contributed by atoms with van der Waals surface area (Å²) in [5, 5.41) is 0. The van der Waals surface area contributed by atoms with E-state index in [1.54, 1.807) is 0 Å². The van der Waals surface area contributed by atoms with Gasteiger partial charge in [-0.25, -0.2) is 0 Å². The number of ether oxygens (including phenoxy) is 3. The lowest BCUT2D eigenvalue weighted by Gasteiger charge is -2.18. The quantitative estimate of drug-likeness (QED) is 0.0261. The molecular formula is C64H118O6. The minimum atomic E-state index is -0.776. The fraction of sp³-hybridized carbons (Fsp3) is 0.859. The maximum Gasteiger partial charge on any atom is 0.306 e. The zero-order valence-corrected chi connectivity index (χ0v) is 47.1. The van der Waals surface area contributed by atoms with Crippen molar-refractivity contribution in [3.63, 3.8) is 0 Å². The first kappa shape index (κ1) is 67.6. The Balaban J connectivity index is 4.34. The van der Waals surface area contributed by atoms with Crippen LogP contribution >= 0.6 is 0 Å². The third-order valence-corrected chi connectivity index (χ3v) is 13.9. The lowest BCUT2D eigenvalue weighted by molar-refractivity contribution is -0.167. The second-order valence-electron chi connectivity index (χ2n) is 21.0. The van der Waals surface area contributed by atoms with Crippen LogP contribution in [0, 0.1) is 0 Å². The number of carbonyl (C=O) groups excluding carboxylic acids is 3. The van der Waals surface area contributed by atoms with Crippen LogP contribution in [0.3, 0.4) is 0 Å². The molecule has 0 aliphatic rings. The number of rotatable bonds is 57. The van der Waals surface area contributed by atoms with Crippen LogP contribution in [-0.4, -0.2) is 37.2 Å². The van der Waals surface area contributed by atoms with Gasteiger partial charge in [0.25, 0.3) is 0 Å². The molecule has 0 fully saturated rings. The fourth-order valence-electron chi connectivity index (χ4n) is 9.18. The first-order valence-electron chi connectivity index (χ1n) is 31.0.